The van der Waals surface area contributed by atoms with Gasteiger partial charge in [-0.05, 0) is 64.9 Å². The number of carbonyl (C=O) groups excluding carboxylic acids is 2. The van der Waals surface area contributed by atoms with E-state index in [0.29, 0.717) is 23.4 Å². The number of amides is 2. The van der Waals surface area contributed by atoms with E-state index in [1.807, 2.05) is 66.0 Å². The summed E-state index contributed by atoms with van der Waals surface area (Å²) in [6.45, 7) is 0.459. The molecule has 0 aliphatic carbocycles. The van der Waals surface area contributed by atoms with Crippen LogP contribution in [0.4, 0.5) is 11.4 Å². The fourth-order valence-electron chi connectivity index (χ4n) is 4.89. The zero-order valence-electron chi connectivity index (χ0n) is 20.4. The van der Waals surface area contributed by atoms with Gasteiger partial charge >= 0.3 is 0 Å². The fraction of sp³-hybridized carbons (Fsp3) is 0.0625. The van der Waals surface area contributed by atoms with Gasteiger partial charge in [0.15, 0.2) is 0 Å². The third-order valence-corrected chi connectivity index (χ3v) is 7.99. The number of nitrogens with one attached hydrogen (secondary N) is 1. The lowest BCUT2D eigenvalue weighted by atomic mass is 10.0. The number of rotatable bonds is 4. The van der Waals surface area contributed by atoms with Crippen molar-refractivity contribution >= 4 is 46.1 Å². The maximum absolute atomic E-state index is 13.8. The monoisotopic (exact) mass is 534 g/mol. The van der Waals surface area contributed by atoms with E-state index < -0.39 is 0 Å². The average Bonchev–Trinajstić information content (AvgIpc) is 3.42. The molecule has 0 saturated carbocycles. The van der Waals surface area contributed by atoms with E-state index in [1.165, 1.54) is 5.56 Å². The molecule has 4 nitrogen and oxygen atoms in total. The third kappa shape index (κ3) is 4.62. The molecule has 0 fully saturated rings. The first kappa shape index (κ1) is 24.2. The molecule has 5 aromatic rings. The van der Waals surface area contributed by atoms with Crippen LogP contribution < -0.4 is 10.2 Å². The minimum Gasteiger partial charge on any atom is -0.322 e. The molecule has 0 unspecified atom stereocenters. The van der Waals surface area contributed by atoms with Crippen molar-refractivity contribution in [2.75, 3.05) is 10.2 Å². The number of anilines is 2. The van der Waals surface area contributed by atoms with Crippen molar-refractivity contribution in [1.29, 1.82) is 0 Å². The van der Waals surface area contributed by atoms with Crippen LogP contribution in [0.1, 0.15) is 37.4 Å². The highest BCUT2D eigenvalue weighted by atomic mass is 35.5. The molecule has 0 saturated heterocycles. The second-order valence-corrected chi connectivity index (χ2v) is 10.5. The predicted octanol–water partition coefficient (Wildman–Crippen LogP) is 8.07. The Bertz CT molecular complexity index is 1660. The summed E-state index contributed by atoms with van der Waals surface area (Å²) in [6.07, 6.45) is 0.766. The number of nitrogens with zero attached hydrogens (tertiary/aromatic N) is 1. The molecular formula is C32H23ClN2O2S. The molecule has 0 spiro atoms. The highest BCUT2D eigenvalue weighted by Gasteiger charge is 2.26. The van der Waals surface area contributed by atoms with Crippen molar-refractivity contribution in [1.82, 2.24) is 0 Å². The summed E-state index contributed by atoms with van der Waals surface area (Å²) in [5, 5.41) is 5.22. The molecule has 1 N–H and O–H groups in total. The van der Waals surface area contributed by atoms with Crippen LogP contribution in [0, 0.1) is 0 Å². The van der Waals surface area contributed by atoms with Crippen molar-refractivity contribution in [3.05, 3.63) is 141 Å². The lowest BCUT2D eigenvalue weighted by Crippen LogP contribution is -2.30. The second-order valence-electron chi connectivity index (χ2n) is 9.14. The van der Waals surface area contributed by atoms with Crippen LogP contribution in [-0.2, 0) is 13.0 Å². The molecule has 0 atom stereocenters. The van der Waals surface area contributed by atoms with E-state index in [-0.39, 0.29) is 16.8 Å². The molecule has 0 bridgehead atoms. The number of hydrogen-bond donors (Lipinski definition) is 1. The number of carbonyl (C=O) groups is 2. The molecule has 4 aromatic carbocycles. The first-order chi connectivity index (χ1) is 18.6. The van der Waals surface area contributed by atoms with Crippen LogP contribution in [0.15, 0.2) is 109 Å². The van der Waals surface area contributed by atoms with Gasteiger partial charge in [0.1, 0.15) is 0 Å². The number of thiophene rings is 1. The quantitative estimate of drug-likeness (QED) is 0.253. The Kier molecular flexibility index (Phi) is 6.54. The Balaban J connectivity index is 1.28. The molecule has 2 amide bonds. The van der Waals surface area contributed by atoms with Gasteiger partial charge in [0, 0.05) is 27.4 Å². The summed E-state index contributed by atoms with van der Waals surface area (Å²) in [6, 6.07) is 32.7. The molecule has 38 heavy (non-hydrogen) atoms. The third-order valence-electron chi connectivity index (χ3n) is 6.77. The zero-order chi connectivity index (χ0) is 26.1. The lowest BCUT2D eigenvalue weighted by Gasteiger charge is -2.24. The first-order valence-electron chi connectivity index (χ1n) is 12.3. The molecule has 6 rings (SSSR count). The van der Waals surface area contributed by atoms with Gasteiger partial charge in [-0.1, -0.05) is 78.3 Å². The largest absolute Gasteiger partial charge is 0.322 e. The van der Waals surface area contributed by atoms with Gasteiger partial charge in [-0.2, -0.15) is 0 Å². The van der Waals surface area contributed by atoms with Gasteiger partial charge in [-0.25, -0.2) is 0 Å². The minimum atomic E-state index is -0.234. The highest BCUT2D eigenvalue weighted by molar-refractivity contribution is 7.13. The van der Waals surface area contributed by atoms with Crippen LogP contribution in [0.25, 0.3) is 10.4 Å². The van der Waals surface area contributed by atoms with Gasteiger partial charge < -0.3 is 10.2 Å². The van der Waals surface area contributed by atoms with Crippen molar-refractivity contribution in [2.45, 2.75) is 13.0 Å². The lowest BCUT2D eigenvalue weighted by molar-refractivity contribution is 0.0984. The normalized spacial score (nSPS) is 12.3. The summed E-state index contributed by atoms with van der Waals surface area (Å²) in [7, 11) is 0. The van der Waals surface area contributed by atoms with Crippen molar-refractivity contribution in [3.63, 3.8) is 0 Å². The molecule has 1 aliphatic heterocycles. The molecule has 186 valence electrons. The van der Waals surface area contributed by atoms with E-state index in [2.05, 4.69) is 23.5 Å². The molecule has 0 radical (unpaired) electrons. The average molecular weight is 535 g/mol. The maximum Gasteiger partial charge on any atom is 0.260 e. The van der Waals surface area contributed by atoms with Crippen molar-refractivity contribution in [3.8, 4) is 10.4 Å². The van der Waals surface area contributed by atoms with Gasteiger partial charge in [0.2, 0.25) is 0 Å². The van der Waals surface area contributed by atoms with E-state index in [9.17, 15) is 9.59 Å². The van der Waals surface area contributed by atoms with Crippen LogP contribution in [-0.4, -0.2) is 11.8 Å². The van der Waals surface area contributed by atoms with E-state index >= 15 is 0 Å². The Morgan fingerprint density at radius 2 is 1.50 bits per heavy atom. The Hall–Kier alpha value is -4.19. The number of fused-ring (bicyclic) bond motifs is 2. The highest BCUT2D eigenvalue weighted by Crippen LogP contribution is 2.34. The van der Waals surface area contributed by atoms with Crippen LogP contribution >= 0.6 is 22.9 Å². The zero-order valence-corrected chi connectivity index (χ0v) is 21.9. The van der Waals surface area contributed by atoms with E-state index in [0.717, 1.165) is 33.7 Å². The molecule has 6 heteroatoms. The topological polar surface area (TPSA) is 49.4 Å². The smallest absolute Gasteiger partial charge is 0.260 e. The Labute approximate surface area is 230 Å². The predicted molar refractivity (Wildman–Crippen MR) is 155 cm³/mol. The van der Waals surface area contributed by atoms with Gasteiger partial charge in [-0.15, -0.1) is 11.3 Å². The molecular weight excluding hydrogens is 512 g/mol. The number of hydrogen-bond acceptors (Lipinski definition) is 3. The van der Waals surface area contributed by atoms with E-state index in [4.69, 9.17) is 11.6 Å². The number of benzene rings is 4. The Morgan fingerprint density at radius 3 is 2.29 bits per heavy atom. The van der Waals surface area contributed by atoms with Crippen LogP contribution in [0.5, 0.6) is 0 Å². The molecule has 2 heterocycles. The summed E-state index contributed by atoms with van der Waals surface area (Å²) < 4.78 is 0. The minimum absolute atomic E-state index is 0.180. The maximum atomic E-state index is 13.8. The summed E-state index contributed by atoms with van der Waals surface area (Å²) >= 11 is 8.24. The van der Waals surface area contributed by atoms with Gasteiger partial charge in [0.05, 0.1) is 17.1 Å². The van der Waals surface area contributed by atoms with Crippen molar-refractivity contribution < 1.29 is 9.59 Å². The van der Waals surface area contributed by atoms with E-state index in [1.54, 1.807) is 40.5 Å². The van der Waals surface area contributed by atoms with Crippen LogP contribution in [0.2, 0.25) is 5.02 Å². The summed E-state index contributed by atoms with van der Waals surface area (Å²) in [4.78, 5) is 29.8. The number of halogens is 1. The van der Waals surface area contributed by atoms with Crippen molar-refractivity contribution in [2.24, 2.45) is 0 Å². The van der Waals surface area contributed by atoms with Gasteiger partial charge in [0.25, 0.3) is 11.8 Å². The Morgan fingerprint density at radius 1 is 0.763 bits per heavy atom. The summed E-state index contributed by atoms with van der Waals surface area (Å²) in [5.41, 5.74) is 6.66. The number of para-hydroxylation sites is 1. The van der Waals surface area contributed by atoms with Crippen LogP contribution in [0.3, 0.4) is 0 Å². The standard InChI is InChI=1S/C32H23ClN2O2S/c33-28-19-24(34-31(36)26-12-5-4-11-25(26)30-14-7-17-38-30)15-16-27(28)32(37)35-20-23-10-2-1-8-21(23)18-22-9-3-6-13-29(22)35/h1-17,19H,18,20H2,(H,34,36). The molecule has 1 aromatic heterocycles. The fourth-order valence-corrected chi connectivity index (χ4v) is 5.91. The SMILES string of the molecule is O=C(Nc1ccc(C(=O)N2Cc3ccccc3Cc3ccccc32)c(Cl)c1)c1ccccc1-c1cccs1. The molecule has 1 aliphatic rings. The summed E-state index contributed by atoms with van der Waals surface area (Å²) in [5.74, 6) is -0.415. The van der Waals surface area contributed by atoms with Gasteiger partial charge in [-0.3, -0.25) is 9.59 Å². The second kappa shape index (κ2) is 10.3. The first-order valence-corrected chi connectivity index (χ1v) is 13.5.